The van der Waals surface area contributed by atoms with Crippen LogP contribution >= 0.6 is 0 Å². The van der Waals surface area contributed by atoms with Crippen LogP contribution in [0.25, 0.3) is 22.2 Å². The SMILES string of the molecule is CCCCCCCCCCCCCCCCS(=O)(=O)NN=c1c(C)c(-c2ccccc2F)[nH]c2ccc(S(=O)(=O)O)cc12. The Morgan fingerprint density at radius 2 is 1.37 bits per heavy atom. The largest absolute Gasteiger partial charge is 0.354 e. The third-order valence-electron chi connectivity index (χ3n) is 7.74. The number of pyridine rings is 1. The van der Waals surface area contributed by atoms with Gasteiger partial charge in [-0.2, -0.15) is 13.5 Å². The molecule has 0 spiro atoms. The van der Waals surface area contributed by atoms with Gasteiger partial charge in [-0.3, -0.25) is 4.55 Å². The lowest BCUT2D eigenvalue weighted by Gasteiger charge is -2.12. The number of fused-ring (bicyclic) bond motifs is 1. The third-order valence-corrected chi connectivity index (χ3v) is 9.79. The first kappa shape index (κ1) is 34.7. The summed E-state index contributed by atoms with van der Waals surface area (Å²) in [6.07, 6.45) is 16.3. The number of aromatic nitrogens is 1. The Bertz CT molecular complexity index is 1620. The molecule has 0 aliphatic heterocycles. The fourth-order valence-electron chi connectivity index (χ4n) is 5.26. The van der Waals surface area contributed by atoms with Gasteiger partial charge in [-0.25, -0.2) is 17.6 Å². The Kier molecular flexibility index (Phi) is 13.7. The van der Waals surface area contributed by atoms with Gasteiger partial charge in [0.25, 0.3) is 10.1 Å². The van der Waals surface area contributed by atoms with Gasteiger partial charge in [0.15, 0.2) is 0 Å². The smallest absolute Gasteiger partial charge is 0.294 e. The van der Waals surface area contributed by atoms with E-state index in [9.17, 15) is 25.8 Å². The van der Waals surface area contributed by atoms with Crippen LogP contribution in [0.1, 0.15) is 102 Å². The maximum absolute atomic E-state index is 14.7. The van der Waals surface area contributed by atoms with Crippen molar-refractivity contribution in [2.45, 2.75) is 109 Å². The van der Waals surface area contributed by atoms with Crippen molar-refractivity contribution < 1.29 is 25.8 Å². The minimum Gasteiger partial charge on any atom is -0.354 e. The number of sulfonamides is 1. The molecule has 238 valence electrons. The summed E-state index contributed by atoms with van der Waals surface area (Å²) in [6, 6.07) is 9.96. The zero-order valence-corrected chi connectivity index (χ0v) is 27.0. The minimum atomic E-state index is -4.52. The molecule has 2 aromatic carbocycles. The molecule has 3 rings (SSSR count). The topological polar surface area (TPSA) is 129 Å². The second kappa shape index (κ2) is 16.9. The summed E-state index contributed by atoms with van der Waals surface area (Å²) in [5, 5.41) is 4.56. The van der Waals surface area contributed by atoms with Crippen LogP contribution in [0.2, 0.25) is 0 Å². The number of nitrogens with one attached hydrogen (secondary N) is 2. The lowest BCUT2D eigenvalue weighted by atomic mass is 10.0. The van der Waals surface area contributed by atoms with E-state index < -0.39 is 26.0 Å². The Morgan fingerprint density at radius 3 is 1.93 bits per heavy atom. The Hall–Kier alpha value is -2.76. The molecule has 1 aromatic heterocycles. The van der Waals surface area contributed by atoms with Gasteiger partial charge in [0.1, 0.15) is 5.82 Å². The Morgan fingerprint density at radius 1 is 0.814 bits per heavy atom. The Labute approximate surface area is 256 Å². The molecule has 0 amide bonds. The highest BCUT2D eigenvalue weighted by Crippen LogP contribution is 2.26. The molecule has 43 heavy (non-hydrogen) atoms. The molecular formula is C32H46FN3O5S2. The number of hydrogen-bond acceptors (Lipinski definition) is 5. The summed E-state index contributed by atoms with van der Waals surface area (Å²) in [5.74, 6) is -0.582. The van der Waals surface area contributed by atoms with Crippen molar-refractivity contribution >= 4 is 31.0 Å². The predicted octanol–water partition coefficient (Wildman–Crippen LogP) is 7.75. The van der Waals surface area contributed by atoms with Crippen molar-refractivity contribution in [2.24, 2.45) is 5.10 Å². The van der Waals surface area contributed by atoms with Crippen LogP contribution in [0.5, 0.6) is 0 Å². The highest BCUT2D eigenvalue weighted by molar-refractivity contribution is 7.89. The van der Waals surface area contributed by atoms with Gasteiger partial charge in [0, 0.05) is 22.0 Å². The number of nitrogens with zero attached hydrogens (tertiary/aromatic N) is 1. The molecule has 1 heterocycles. The van der Waals surface area contributed by atoms with Crippen molar-refractivity contribution in [1.29, 1.82) is 0 Å². The maximum atomic E-state index is 14.7. The van der Waals surface area contributed by atoms with Crippen molar-refractivity contribution in [1.82, 2.24) is 9.82 Å². The summed E-state index contributed by atoms with van der Waals surface area (Å²) in [5.41, 5.74) is 1.42. The molecule has 3 aromatic rings. The van der Waals surface area contributed by atoms with Crippen LogP contribution in [0.4, 0.5) is 4.39 Å². The van der Waals surface area contributed by atoms with Crippen LogP contribution in [0.3, 0.4) is 0 Å². The molecule has 8 nitrogen and oxygen atoms in total. The molecule has 0 bridgehead atoms. The number of H-pyrrole nitrogens is 1. The molecule has 0 aliphatic carbocycles. The lowest BCUT2D eigenvalue weighted by molar-refractivity contribution is 0.483. The average molecular weight is 636 g/mol. The molecule has 3 N–H and O–H groups in total. The second-order valence-electron chi connectivity index (χ2n) is 11.3. The average Bonchev–Trinajstić information content (AvgIpc) is 2.96. The number of unbranched alkanes of at least 4 members (excludes halogenated alkanes) is 13. The van der Waals surface area contributed by atoms with Crippen molar-refractivity contribution in [3.05, 3.63) is 59.2 Å². The number of hydrogen-bond donors (Lipinski definition) is 3. The van der Waals surface area contributed by atoms with Crippen molar-refractivity contribution in [3.63, 3.8) is 0 Å². The van der Waals surface area contributed by atoms with E-state index in [0.29, 0.717) is 23.2 Å². The molecular weight excluding hydrogens is 590 g/mol. The summed E-state index contributed by atoms with van der Waals surface area (Å²) in [6.45, 7) is 3.87. The number of rotatable bonds is 19. The zero-order valence-electron chi connectivity index (χ0n) is 25.4. The van der Waals surface area contributed by atoms with E-state index in [1.165, 1.54) is 88.5 Å². The van der Waals surface area contributed by atoms with E-state index in [1.807, 2.05) is 0 Å². The minimum absolute atomic E-state index is 0.0963. The van der Waals surface area contributed by atoms with Gasteiger partial charge in [-0.1, -0.05) is 103 Å². The van der Waals surface area contributed by atoms with Crippen molar-refractivity contribution in [2.75, 3.05) is 5.75 Å². The molecule has 0 saturated carbocycles. The standard InChI is InChI=1S/C32H46FN3O5S2/c1-3-4-5-6-7-8-9-10-11-12-13-14-15-18-23-42(37,38)36-35-32-25(2)31(27-19-16-17-20-29(27)33)34-30-22-21-26(24-28(30)32)43(39,40)41/h16-17,19-22,24,36H,3-15,18,23H2,1-2H3,(H,34,35)(H,39,40,41). The first-order chi connectivity index (χ1) is 20.5. The van der Waals surface area contributed by atoms with Crippen LogP contribution < -0.4 is 10.2 Å². The first-order valence-electron chi connectivity index (χ1n) is 15.5. The van der Waals surface area contributed by atoms with Gasteiger partial charge in [0.2, 0.25) is 10.0 Å². The molecule has 0 radical (unpaired) electrons. The molecule has 0 fully saturated rings. The predicted molar refractivity (Wildman–Crippen MR) is 171 cm³/mol. The van der Waals surface area contributed by atoms with E-state index in [2.05, 4.69) is 21.8 Å². The molecule has 0 unspecified atom stereocenters. The van der Waals surface area contributed by atoms with Gasteiger partial charge in [0.05, 0.1) is 21.7 Å². The maximum Gasteiger partial charge on any atom is 0.294 e. The summed E-state index contributed by atoms with van der Waals surface area (Å²) in [4.78, 5) is 5.01. The fourth-order valence-corrected chi connectivity index (χ4v) is 6.68. The molecule has 0 atom stereocenters. The zero-order chi connectivity index (χ0) is 31.3. The highest BCUT2D eigenvalue weighted by Gasteiger charge is 2.17. The number of halogens is 1. The fraction of sp³-hybridized carbons (Fsp3) is 0.531. The van der Waals surface area contributed by atoms with Crippen LogP contribution in [-0.4, -0.2) is 32.1 Å². The van der Waals surface area contributed by atoms with Gasteiger partial charge < -0.3 is 4.98 Å². The van der Waals surface area contributed by atoms with Gasteiger partial charge in [-0.05, 0) is 43.7 Å². The van der Waals surface area contributed by atoms with E-state index in [1.54, 1.807) is 25.1 Å². The summed E-state index contributed by atoms with van der Waals surface area (Å²) >= 11 is 0. The summed E-state index contributed by atoms with van der Waals surface area (Å²) in [7, 11) is -8.30. The number of aromatic amines is 1. The monoisotopic (exact) mass is 635 g/mol. The highest BCUT2D eigenvalue weighted by atomic mass is 32.2. The molecule has 0 aliphatic rings. The van der Waals surface area contributed by atoms with E-state index in [-0.39, 0.29) is 27.0 Å². The lowest BCUT2D eigenvalue weighted by Crippen LogP contribution is -2.26. The van der Waals surface area contributed by atoms with Crippen molar-refractivity contribution in [3.8, 4) is 11.3 Å². The van der Waals surface area contributed by atoms with Crippen LogP contribution in [-0.2, 0) is 20.1 Å². The second-order valence-corrected chi connectivity index (χ2v) is 14.5. The third kappa shape index (κ3) is 11.0. The van der Waals surface area contributed by atoms with Gasteiger partial charge in [-0.15, -0.1) is 0 Å². The number of benzene rings is 2. The first-order valence-corrected chi connectivity index (χ1v) is 18.5. The quantitative estimate of drug-likeness (QED) is 0.0705. The van der Waals surface area contributed by atoms with E-state index in [4.69, 9.17) is 0 Å². The van der Waals surface area contributed by atoms with Crippen LogP contribution in [0.15, 0.2) is 52.5 Å². The van der Waals surface area contributed by atoms with E-state index >= 15 is 0 Å². The summed E-state index contributed by atoms with van der Waals surface area (Å²) < 4.78 is 73.4. The Balaban J connectivity index is 1.61. The normalized spacial score (nSPS) is 12.7. The van der Waals surface area contributed by atoms with Crippen LogP contribution in [0, 0.1) is 12.7 Å². The molecule has 0 saturated heterocycles. The van der Waals surface area contributed by atoms with E-state index in [0.717, 1.165) is 19.3 Å². The molecule has 11 heteroatoms. The van der Waals surface area contributed by atoms with Gasteiger partial charge >= 0.3 is 0 Å².